The van der Waals surface area contributed by atoms with Crippen LogP contribution in [0.3, 0.4) is 0 Å². The van der Waals surface area contributed by atoms with Crippen molar-refractivity contribution in [3.8, 4) is 11.5 Å². The van der Waals surface area contributed by atoms with Crippen molar-refractivity contribution in [2.45, 2.75) is 0 Å². The van der Waals surface area contributed by atoms with E-state index in [1.54, 1.807) is 12.1 Å². The van der Waals surface area contributed by atoms with Crippen molar-refractivity contribution in [1.29, 1.82) is 0 Å². The number of rotatable bonds is 3. The van der Waals surface area contributed by atoms with Gasteiger partial charge >= 0.3 is 0 Å². The molecule has 0 heterocycles. The van der Waals surface area contributed by atoms with Gasteiger partial charge in [-0.25, -0.2) is 0 Å². The smallest absolute Gasteiger partial charge is 0.162 e. The quantitative estimate of drug-likeness (QED) is 0.812. The zero-order valence-electron chi connectivity index (χ0n) is 9.37. The maximum absolute atomic E-state index is 9.42. The molecule has 0 aromatic heterocycles. The summed E-state index contributed by atoms with van der Waals surface area (Å²) in [5, 5.41) is 17.6. The summed E-state index contributed by atoms with van der Waals surface area (Å²) in [5.74, 6) is 0.473. The van der Waals surface area contributed by atoms with E-state index in [9.17, 15) is 5.11 Å². The average Bonchev–Trinajstić information content (AvgIpc) is 2.39. The molecule has 0 radical (unpaired) electrons. The highest BCUT2D eigenvalue weighted by Crippen LogP contribution is 2.30. The molecule has 0 aliphatic rings. The number of hydrogen-bond donors (Lipinski definition) is 1. The Balaban J connectivity index is 2.22. The van der Waals surface area contributed by atoms with Crippen LogP contribution in [0.2, 0.25) is 0 Å². The molecule has 0 bridgehead atoms. The molecule has 0 aliphatic heterocycles. The van der Waals surface area contributed by atoms with E-state index in [2.05, 4.69) is 10.2 Å². The van der Waals surface area contributed by atoms with E-state index in [4.69, 9.17) is 4.74 Å². The van der Waals surface area contributed by atoms with Crippen LogP contribution < -0.4 is 4.74 Å². The van der Waals surface area contributed by atoms with Crippen LogP contribution in [0.5, 0.6) is 11.5 Å². The maximum atomic E-state index is 9.42. The normalized spacial score (nSPS) is 10.6. The third kappa shape index (κ3) is 2.81. The number of aromatic hydroxyl groups is 1. The van der Waals surface area contributed by atoms with Crippen LogP contribution >= 0.6 is 0 Å². The number of azo groups is 1. The SMILES string of the molecule is COc1cc(N=Nc2ccccc2)ccc1O. The Morgan fingerprint density at radius 3 is 2.35 bits per heavy atom. The Morgan fingerprint density at radius 2 is 1.65 bits per heavy atom. The van der Waals surface area contributed by atoms with Gasteiger partial charge in [0.1, 0.15) is 0 Å². The van der Waals surface area contributed by atoms with Gasteiger partial charge in [0.15, 0.2) is 11.5 Å². The molecule has 17 heavy (non-hydrogen) atoms. The molecule has 2 aromatic carbocycles. The monoisotopic (exact) mass is 228 g/mol. The highest BCUT2D eigenvalue weighted by atomic mass is 16.5. The van der Waals surface area contributed by atoms with Crippen molar-refractivity contribution in [3.05, 3.63) is 48.5 Å². The zero-order valence-corrected chi connectivity index (χ0v) is 9.37. The largest absolute Gasteiger partial charge is 0.504 e. The molecule has 0 saturated carbocycles. The minimum absolute atomic E-state index is 0.0890. The lowest BCUT2D eigenvalue weighted by Crippen LogP contribution is -1.82. The second kappa shape index (κ2) is 5.12. The predicted molar refractivity (Wildman–Crippen MR) is 65.3 cm³/mol. The Bertz CT molecular complexity index is 524. The predicted octanol–water partition coefficient (Wildman–Crippen LogP) is 3.82. The van der Waals surface area contributed by atoms with Gasteiger partial charge in [-0.3, -0.25) is 0 Å². The summed E-state index contributed by atoms with van der Waals surface area (Å²) in [6, 6.07) is 14.3. The van der Waals surface area contributed by atoms with Crippen molar-refractivity contribution in [1.82, 2.24) is 0 Å². The molecule has 2 aromatic rings. The van der Waals surface area contributed by atoms with Crippen molar-refractivity contribution in [2.24, 2.45) is 10.2 Å². The van der Waals surface area contributed by atoms with Crippen LogP contribution in [-0.4, -0.2) is 12.2 Å². The lowest BCUT2D eigenvalue weighted by atomic mass is 10.3. The molecule has 0 fully saturated rings. The summed E-state index contributed by atoms with van der Waals surface area (Å²) in [6.07, 6.45) is 0. The van der Waals surface area contributed by atoms with Gasteiger partial charge in [-0.1, -0.05) is 18.2 Å². The highest BCUT2D eigenvalue weighted by Gasteiger charge is 2.01. The molecule has 0 amide bonds. The Morgan fingerprint density at radius 1 is 0.941 bits per heavy atom. The number of phenolic OH excluding ortho intramolecular Hbond substituents is 1. The molecular weight excluding hydrogens is 216 g/mol. The minimum Gasteiger partial charge on any atom is -0.504 e. The van der Waals surface area contributed by atoms with E-state index < -0.39 is 0 Å². The number of phenols is 1. The van der Waals surface area contributed by atoms with E-state index in [1.165, 1.54) is 13.2 Å². The summed E-state index contributed by atoms with van der Waals surface area (Å²) in [6.45, 7) is 0. The number of ether oxygens (including phenoxy) is 1. The lowest BCUT2D eigenvalue weighted by Gasteiger charge is -2.02. The van der Waals surface area contributed by atoms with Gasteiger partial charge in [-0.15, -0.1) is 0 Å². The van der Waals surface area contributed by atoms with Crippen molar-refractivity contribution >= 4 is 11.4 Å². The summed E-state index contributed by atoms with van der Waals surface area (Å²) >= 11 is 0. The first kappa shape index (κ1) is 11.1. The molecule has 1 N–H and O–H groups in total. The first-order valence-electron chi connectivity index (χ1n) is 5.13. The second-order valence-corrected chi connectivity index (χ2v) is 3.39. The van der Waals surface area contributed by atoms with Crippen LogP contribution in [0.15, 0.2) is 58.8 Å². The Kier molecular flexibility index (Phi) is 3.35. The van der Waals surface area contributed by atoms with Crippen molar-refractivity contribution < 1.29 is 9.84 Å². The van der Waals surface area contributed by atoms with E-state index in [-0.39, 0.29) is 5.75 Å². The molecule has 0 atom stereocenters. The van der Waals surface area contributed by atoms with Crippen molar-refractivity contribution in [2.75, 3.05) is 7.11 Å². The standard InChI is InChI=1S/C13H12N2O2/c1-17-13-9-11(7-8-12(13)16)15-14-10-5-3-2-4-6-10/h2-9,16H,1H3. The van der Waals surface area contributed by atoms with Crippen LogP contribution in [-0.2, 0) is 0 Å². The van der Waals surface area contributed by atoms with E-state index in [0.29, 0.717) is 11.4 Å². The first-order valence-corrected chi connectivity index (χ1v) is 5.13. The number of nitrogens with zero attached hydrogens (tertiary/aromatic N) is 2. The number of methoxy groups -OCH3 is 1. The molecular formula is C13H12N2O2. The zero-order chi connectivity index (χ0) is 12.1. The van der Waals surface area contributed by atoms with Crippen molar-refractivity contribution in [3.63, 3.8) is 0 Å². The Labute approximate surface area is 99.2 Å². The van der Waals surface area contributed by atoms with E-state index >= 15 is 0 Å². The number of benzene rings is 2. The number of hydrogen-bond acceptors (Lipinski definition) is 4. The van der Waals surface area contributed by atoms with E-state index in [0.717, 1.165) is 5.69 Å². The van der Waals surface area contributed by atoms with Gasteiger partial charge in [0, 0.05) is 6.07 Å². The second-order valence-electron chi connectivity index (χ2n) is 3.39. The third-order valence-electron chi connectivity index (χ3n) is 2.20. The fourth-order valence-electron chi connectivity index (χ4n) is 1.34. The molecule has 0 spiro atoms. The third-order valence-corrected chi connectivity index (χ3v) is 2.20. The molecule has 2 rings (SSSR count). The Hall–Kier alpha value is -2.36. The molecule has 0 aliphatic carbocycles. The van der Waals surface area contributed by atoms with Gasteiger partial charge in [-0.05, 0) is 24.3 Å². The van der Waals surface area contributed by atoms with Gasteiger partial charge in [-0.2, -0.15) is 10.2 Å². The summed E-state index contributed by atoms with van der Waals surface area (Å²) in [7, 11) is 1.49. The van der Waals surface area contributed by atoms with Crippen LogP contribution in [0, 0.1) is 0 Å². The van der Waals surface area contributed by atoms with Gasteiger partial charge in [0.25, 0.3) is 0 Å². The fourth-order valence-corrected chi connectivity index (χ4v) is 1.34. The van der Waals surface area contributed by atoms with E-state index in [1.807, 2.05) is 30.3 Å². The lowest BCUT2D eigenvalue weighted by molar-refractivity contribution is 0.373. The molecule has 0 saturated heterocycles. The highest BCUT2D eigenvalue weighted by molar-refractivity contribution is 5.51. The summed E-state index contributed by atoms with van der Waals surface area (Å²) in [5.41, 5.74) is 1.41. The van der Waals surface area contributed by atoms with Crippen LogP contribution in [0.1, 0.15) is 0 Å². The first-order chi connectivity index (χ1) is 8.29. The maximum Gasteiger partial charge on any atom is 0.162 e. The topological polar surface area (TPSA) is 54.2 Å². The fraction of sp³-hybridized carbons (Fsp3) is 0.0769. The van der Waals surface area contributed by atoms with Gasteiger partial charge < -0.3 is 9.84 Å². The average molecular weight is 228 g/mol. The summed E-state index contributed by atoms with van der Waals surface area (Å²) in [4.78, 5) is 0. The minimum atomic E-state index is 0.0890. The molecule has 86 valence electrons. The van der Waals surface area contributed by atoms with Crippen LogP contribution in [0.4, 0.5) is 11.4 Å². The molecule has 4 nitrogen and oxygen atoms in total. The molecule has 4 heteroatoms. The summed E-state index contributed by atoms with van der Waals surface area (Å²) < 4.78 is 4.99. The van der Waals surface area contributed by atoms with Gasteiger partial charge in [0.2, 0.25) is 0 Å². The van der Waals surface area contributed by atoms with Crippen LogP contribution in [0.25, 0.3) is 0 Å². The molecule has 0 unspecified atom stereocenters. The van der Waals surface area contributed by atoms with Gasteiger partial charge in [0.05, 0.1) is 18.5 Å².